The van der Waals surface area contributed by atoms with Gasteiger partial charge in [0.05, 0.1) is 11.8 Å². The minimum absolute atomic E-state index is 0.0695. The van der Waals surface area contributed by atoms with Gasteiger partial charge < -0.3 is 10.2 Å². The zero-order valence-corrected chi connectivity index (χ0v) is 12.8. The fraction of sp³-hybridized carbons (Fsp3) is 0.750. The van der Waals surface area contributed by atoms with Gasteiger partial charge >= 0.3 is 0 Å². The number of amides is 1. The molecule has 0 aromatic carbocycles. The van der Waals surface area contributed by atoms with Crippen molar-refractivity contribution in [3.63, 3.8) is 0 Å². The van der Waals surface area contributed by atoms with Gasteiger partial charge in [0, 0.05) is 28.6 Å². The molecule has 1 amide bonds. The van der Waals surface area contributed by atoms with Gasteiger partial charge in [-0.05, 0) is 25.8 Å². The molecule has 1 aromatic rings. The average Bonchev–Trinajstić information content (AvgIpc) is 3.15. The van der Waals surface area contributed by atoms with Crippen molar-refractivity contribution in [3.05, 3.63) is 11.4 Å². The molecule has 2 fully saturated rings. The molecule has 1 aromatic heterocycles. The Bertz CT molecular complexity index is 634. The van der Waals surface area contributed by atoms with E-state index >= 15 is 0 Å². The maximum atomic E-state index is 12.6. The van der Waals surface area contributed by atoms with Crippen LogP contribution in [0.3, 0.4) is 0 Å². The first-order valence-electron chi connectivity index (χ1n) is 7.13. The van der Waals surface area contributed by atoms with Crippen LogP contribution in [-0.2, 0) is 9.73 Å². The second-order valence-corrected chi connectivity index (χ2v) is 8.11. The maximum Gasteiger partial charge on any atom is 0.276 e. The minimum atomic E-state index is -2.52. The summed E-state index contributed by atoms with van der Waals surface area (Å²) in [5.41, 5.74) is 0.995. The number of carbonyl (C=O) groups is 1. The van der Waals surface area contributed by atoms with E-state index < -0.39 is 9.73 Å². The summed E-state index contributed by atoms with van der Waals surface area (Å²) in [5, 5.41) is 14.0. The largest absolute Gasteiger partial charge is 0.336 e. The Hall–Kier alpha value is -1.48. The standard InChI is InChI=1S/C12H20N6O2S/c1-18(8-4-6-21(13,20)7-8)12(19)11-10(15-17-16-11)9-3-2-5-14-9/h8-9,13-14H,2-7H2,1H3,(H,15,16,17). The zero-order valence-electron chi connectivity index (χ0n) is 12.0. The average molecular weight is 312 g/mol. The van der Waals surface area contributed by atoms with Crippen LogP contribution in [0.4, 0.5) is 0 Å². The number of hydrogen-bond donors (Lipinski definition) is 3. The quantitative estimate of drug-likeness (QED) is 0.733. The SMILES string of the molecule is CN(C(=O)c1n[nH]nc1C1CCCN1)C1CCS(=N)(=O)C1. The van der Waals surface area contributed by atoms with Crippen molar-refractivity contribution in [2.75, 3.05) is 25.1 Å². The first-order valence-corrected chi connectivity index (χ1v) is 9.03. The maximum absolute atomic E-state index is 12.6. The molecule has 0 spiro atoms. The molecule has 0 bridgehead atoms. The van der Waals surface area contributed by atoms with Crippen molar-refractivity contribution in [2.24, 2.45) is 0 Å². The minimum Gasteiger partial charge on any atom is -0.336 e. The predicted molar refractivity (Wildman–Crippen MR) is 77.5 cm³/mol. The fourth-order valence-corrected chi connectivity index (χ4v) is 4.83. The van der Waals surface area contributed by atoms with Crippen molar-refractivity contribution in [1.82, 2.24) is 25.6 Å². The van der Waals surface area contributed by atoms with Crippen LogP contribution >= 0.6 is 0 Å². The van der Waals surface area contributed by atoms with Crippen molar-refractivity contribution >= 4 is 15.6 Å². The highest BCUT2D eigenvalue weighted by atomic mass is 32.2. The van der Waals surface area contributed by atoms with E-state index in [4.69, 9.17) is 4.78 Å². The number of hydrogen-bond acceptors (Lipinski definition) is 6. The molecule has 0 radical (unpaired) electrons. The van der Waals surface area contributed by atoms with Crippen LogP contribution < -0.4 is 5.32 Å². The summed E-state index contributed by atoms with van der Waals surface area (Å²) in [4.78, 5) is 14.2. The van der Waals surface area contributed by atoms with E-state index in [-0.39, 0.29) is 23.7 Å². The Balaban J connectivity index is 1.78. The topological polar surface area (TPSA) is 115 Å². The molecule has 2 aliphatic rings. The number of rotatable bonds is 3. The third kappa shape index (κ3) is 2.80. The molecule has 2 aliphatic heterocycles. The van der Waals surface area contributed by atoms with Crippen molar-refractivity contribution < 1.29 is 9.00 Å². The molecule has 3 heterocycles. The number of nitrogens with zero attached hydrogens (tertiary/aromatic N) is 3. The van der Waals surface area contributed by atoms with Crippen LogP contribution in [-0.4, -0.2) is 61.6 Å². The van der Waals surface area contributed by atoms with E-state index in [1.165, 1.54) is 0 Å². The van der Waals surface area contributed by atoms with Crippen LogP contribution in [0, 0.1) is 4.78 Å². The Morgan fingerprint density at radius 2 is 2.24 bits per heavy atom. The third-order valence-electron chi connectivity index (χ3n) is 4.28. The van der Waals surface area contributed by atoms with Gasteiger partial charge in [0.1, 0.15) is 5.69 Å². The highest BCUT2D eigenvalue weighted by Gasteiger charge is 2.34. The molecule has 0 saturated carbocycles. The van der Waals surface area contributed by atoms with Crippen LogP contribution in [0.2, 0.25) is 0 Å². The first kappa shape index (κ1) is 14.5. The zero-order chi connectivity index (χ0) is 15.0. The molecule has 3 unspecified atom stereocenters. The fourth-order valence-electron chi connectivity index (χ4n) is 3.00. The van der Waals surface area contributed by atoms with Gasteiger partial charge in [0.2, 0.25) is 0 Å². The van der Waals surface area contributed by atoms with Crippen LogP contribution in [0.5, 0.6) is 0 Å². The monoisotopic (exact) mass is 312 g/mol. The van der Waals surface area contributed by atoms with Gasteiger partial charge in [-0.2, -0.15) is 15.4 Å². The Morgan fingerprint density at radius 1 is 1.43 bits per heavy atom. The number of nitrogens with one attached hydrogen (secondary N) is 3. The van der Waals surface area contributed by atoms with E-state index in [1.54, 1.807) is 11.9 Å². The summed E-state index contributed by atoms with van der Waals surface area (Å²) >= 11 is 0. The van der Waals surface area contributed by atoms with Crippen molar-refractivity contribution in [1.29, 1.82) is 4.78 Å². The lowest BCUT2D eigenvalue weighted by atomic mass is 10.1. The number of aromatic amines is 1. The van der Waals surface area contributed by atoms with Crippen LogP contribution in [0.1, 0.15) is 41.5 Å². The van der Waals surface area contributed by atoms with Gasteiger partial charge in [0.25, 0.3) is 5.91 Å². The highest BCUT2D eigenvalue weighted by Crippen LogP contribution is 2.25. The summed E-state index contributed by atoms with van der Waals surface area (Å²) in [6.45, 7) is 0.921. The summed E-state index contributed by atoms with van der Waals surface area (Å²) in [5.74, 6) is 0.407. The molecule has 2 saturated heterocycles. The first-order chi connectivity index (χ1) is 9.98. The van der Waals surface area contributed by atoms with E-state index in [1.807, 2.05) is 0 Å². The Morgan fingerprint density at radius 3 is 2.86 bits per heavy atom. The van der Waals surface area contributed by atoms with Gasteiger partial charge in [-0.25, -0.2) is 4.21 Å². The lowest BCUT2D eigenvalue weighted by molar-refractivity contribution is 0.0740. The highest BCUT2D eigenvalue weighted by molar-refractivity contribution is 7.92. The second-order valence-electron chi connectivity index (χ2n) is 5.75. The molecule has 116 valence electrons. The normalized spacial score (nSPS) is 32.4. The van der Waals surface area contributed by atoms with E-state index in [9.17, 15) is 9.00 Å². The number of H-pyrrole nitrogens is 1. The van der Waals surface area contributed by atoms with Gasteiger partial charge in [-0.1, -0.05) is 0 Å². The summed E-state index contributed by atoms with van der Waals surface area (Å²) in [6.07, 6.45) is 2.62. The molecule has 9 heteroatoms. The number of carbonyl (C=O) groups excluding carboxylic acids is 1. The molecule has 3 N–H and O–H groups in total. The Labute approximate surface area is 123 Å². The van der Waals surface area contributed by atoms with Gasteiger partial charge in [-0.15, -0.1) is 0 Å². The van der Waals surface area contributed by atoms with Crippen LogP contribution in [0.25, 0.3) is 0 Å². The van der Waals surface area contributed by atoms with E-state index in [2.05, 4.69) is 20.7 Å². The molecule has 3 atom stereocenters. The van der Waals surface area contributed by atoms with Crippen molar-refractivity contribution in [2.45, 2.75) is 31.3 Å². The second kappa shape index (κ2) is 5.38. The van der Waals surface area contributed by atoms with Crippen molar-refractivity contribution in [3.8, 4) is 0 Å². The van der Waals surface area contributed by atoms with Gasteiger partial charge in [-0.3, -0.25) is 9.57 Å². The third-order valence-corrected chi connectivity index (χ3v) is 6.10. The van der Waals surface area contributed by atoms with Crippen LogP contribution in [0.15, 0.2) is 0 Å². The Kier molecular flexibility index (Phi) is 3.70. The smallest absolute Gasteiger partial charge is 0.276 e. The summed E-state index contributed by atoms with van der Waals surface area (Å²) in [6, 6.07) is -0.0799. The number of aromatic nitrogens is 3. The van der Waals surface area contributed by atoms with E-state index in [0.29, 0.717) is 23.6 Å². The molecular weight excluding hydrogens is 292 g/mol. The molecule has 3 rings (SSSR count). The van der Waals surface area contributed by atoms with Gasteiger partial charge in [0.15, 0.2) is 5.69 Å². The predicted octanol–water partition coefficient (Wildman–Crippen LogP) is 0.120. The van der Waals surface area contributed by atoms with E-state index in [0.717, 1.165) is 19.4 Å². The molecule has 0 aliphatic carbocycles. The lowest BCUT2D eigenvalue weighted by Crippen LogP contribution is -2.38. The molecule has 21 heavy (non-hydrogen) atoms. The lowest BCUT2D eigenvalue weighted by Gasteiger charge is -2.23. The molecular formula is C12H20N6O2S. The summed E-state index contributed by atoms with van der Waals surface area (Å²) < 4.78 is 19.4. The molecule has 8 nitrogen and oxygen atoms in total. The summed E-state index contributed by atoms with van der Waals surface area (Å²) in [7, 11) is -0.830.